The first-order chi connectivity index (χ1) is 12.3. The third kappa shape index (κ3) is 5.81. The van der Waals surface area contributed by atoms with Crippen molar-refractivity contribution in [2.24, 2.45) is 0 Å². The summed E-state index contributed by atoms with van der Waals surface area (Å²) in [6, 6.07) is 14.8. The SMILES string of the molecule is Cc1cccc(OC(C)C(=O)NNC(=O)C(C)Oc2cccc(C)c2)c1. The molecule has 138 valence electrons. The number of aryl methyl sites for hydroxylation is 2. The van der Waals surface area contributed by atoms with Crippen molar-refractivity contribution in [3.8, 4) is 11.5 Å². The van der Waals surface area contributed by atoms with Gasteiger partial charge < -0.3 is 9.47 Å². The van der Waals surface area contributed by atoms with Crippen LogP contribution in [0, 0.1) is 13.8 Å². The third-order valence-electron chi connectivity index (χ3n) is 3.65. The quantitative estimate of drug-likeness (QED) is 0.780. The highest BCUT2D eigenvalue weighted by Gasteiger charge is 2.19. The van der Waals surface area contributed by atoms with E-state index in [4.69, 9.17) is 9.47 Å². The lowest BCUT2D eigenvalue weighted by Crippen LogP contribution is -2.50. The zero-order valence-electron chi connectivity index (χ0n) is 15.4. The van der Waals surface area contributed by atoms with Crippen molar-refractivity contribution < 1.29 is 19.1 Å². The minimum atomic E-state index is -0.759. The Hall–Kier alpha value is -3.02. The van der Waals surface area contributed by atoms with Crippen LogP contribution < -0.4 is 20.3 Å². The molecule has 2 N–H and O–H groups in total. The van der Waals surface area contributed by atoms with Crippen LogP contribution in [0.15, 0.2) is 48.5 Å². The molecule has 0 heterocycles. The molecule has 0 radical (unpaired) electrons. The van der Waals surface area contributed by atoms with Gasteiger partial charge in [-0.05, 0) is 63.1 Å². The first-order valence-corrected chi connectivity index (χ1v) is 8.41. The summed E-state index contributed by atoms with van der Waals surface area (Å²) in [5.41, 5.74) is 6.77. The topological polar surface area (TPSA) is 76.7 Å². The average molecular weight is 356 g/mol. The Morgan fingerprint density at radius 2 is 1.15 bits per heavy atom. The maximum absolute atomic E-state index is 12.1. The molecule has 2 amide bonds. The van der Waals surface area contributed by atoms with E-state index < -0.39 is 24.0 Å². The van der Waals surface area contributed by atoms with Gasteiger partial charge in [0.15, 0.2) is 12.2 Å². The Balaban J connectivity index is 1.80. The number of hydrogen-bond donors (Lipinski definition) is 2. The highest BCUT2D eigenvalue weighted by molar-refractivity contribution is 5.86. The van der Waals surface area contributed by atoms with Crippen LogP contribution in [0.1, 0.15) is 25.0 Å². The Labute approximate surface area is 153 Å². The van der Waals surface area contributed by atoms with Gasteiger partial charge in [0, 0.05) is 0 Å². The Kier molecular flexibility index (Phi) is 6.60. The van der Waals surface area contributed by atoms with Crippen LogP contribution in [0.5, 0.6) is 11.5 Å². The van der Waals surface area contributed by atoms with E-state index in [2.05, 4.69) is 10.9 Å². The summed E-state index contributed by atoms with van der Waals surface area (Å²) in [4.78, 5) is 24.1. The van der Waals surface area contributed by atoms with Crippen LogP contribution in [0.4, 0.5) is 0 Å². The summed E-state index contributed by atoms with van der Waals surface area (Å²) in [5, 5.41) is 0. The summed E-state index contributed by atoms with van der Waals surface area (Å²) in [7, 11) is 0. The van der Waals surface area contributed by atoms with Gasteiger partial charge in [-0.15, -0.1) is 0 Å². The Morgan fingerprint density at radius 3 is 1.50 bits per heavy atom. The van der Waals surface area contributed by atoms with E-state index in [0.717, 1.165) is 11.1 Å². The van der Waals surface area contributed by atoms with E-state index in [0.29, 0.717) is 11.5 Å². The Morgan fingerprint density at radius 1 is 0.769 bits per heavy atom. The van der Waals surface area contributed by atoms with Gasteiger partial charge in [0.05, 0.1) is 0 Å². The molecule has 0 fully saturated rings. The van der Waals surface area contributed by atoms with Gasteiger partial charge in [-0.1, -0.05) is 24.3 Å². The van der Waals surface area contributed by atoms with Crippen LogP contribution >= 0.6 is 0 Å². The molecule has 2 atom stereocenters. The van der Waals surface area contributed by atoms with E-state index in [1.165, 1.54) is 0 Å². The molecule has 2 aromatic rings. The number of benzene rings is 2. The summed E-state index contributed by atoms with van der Waals surface area (Å²) >= 11 is 0. The standard InChI is InChI=1S/C20H24N2O4/c1-13-7-5-9-17(11-13)25-15(3)19(23)21-22-20(24)16(4)26-18-10-6-8-14(2)12-18/h5-12,15-16H,1-4H3,(H,21,23)(H,22,24). The second-order valence-corrected chi connectivity index (χ2v) is 6.13. The second kappa shape index (κ2) is 8.89. The highest BCUT2D eigenvalue weighted by atomic mass is 16.5. The van der Waals surface area contributed by atoms with E-state index in [-0.39, 0.29) is 0 Å². The molecule has 0 saturated heterocycles. The summed E-state index contributed by atoms with van der Waals surface area (Å²) < 4.78 is 11.1. The molecule has 0 spiro atoms. The van der Waals surface area contributed by atoms with Gasteiger partial charge in [-0.25, -0.2) is 0 Å². The highest BCUT2D eigenvalue weighted by Crippen LogP contribution is 2.15. The van der Waals surface area contributed by atoms with Crippen molar-refractivity contribution in [3.63, 3.8) is 0 Å². The van der Waals surface area contributed by atoms with Crippen molar-refractivity contribution in [1.82, 2.24) is 10.9 Å². The Bertz CT molecular complexity index is 710. The number of carbonyl (C=O) groups excluding carboxylic acids is 2. The lowest BCUT2D eigenvalue weighted by Gasteiger charge is -2.18. The normalized spacial score (nSPS) is 12.6. The van der Waals surface area contributed by atoms with Gasteiger partial charge >= 0.3 is 0 Å². The molecular weight excluding hydrogens is 332 g/mol. The van der Waals surface area contributed by atoms with Crippen LogP contribution in [0.25, 0.3) is 0 Å². The summed E-state index contributed by atoms with van der Waals surface area (Å²) in [6.07, 6.45) is -1.52. The van der Waals surface area contributed by atoms with Gasteiger partial charge in [0.1, 0.15) is 11.5 Å². The molecule has 0 aliphatic rings. The molecule has 2 rings (SSSR count). The van der Waals surface area contributed by atoms with Gasteiger partial charge in [0.2, 0.25) is 0 Å². The fraction of sp³-hybridized carbons (Fsp3) is 0.300. The lowest BCUT2D eigenvalue weighted by atomic mass is 10.2. The fourth-order valence-corrected chi connectivity index (χ4v) is 2.22. The first-order valence-electron chi connectivity index (χ1n) is 8.41. The fourth-order valence-electron chi connectivity index (χ4n) is 2.22. The smallest absolute Gasteiger partial charge is 0.279 e. The zero-order valence-corrected chi connectivity index (χ0v) is 15.4. The van der Waals surface area contributed by atoms with Crippen molar-refractivity contribution in [3.05, 3.63) is 59.7 Å². The van der Waals surface area contributed by atoms with E-state index in [9.17, 15) is 9.59 Å². The molecule has 0 aliphatic carbocycles. The number of amides is 2. The minimum absolute atomic E-state index is 0.456. The maximum Gasteiger partial charge on any atom is 0.279 e. The largest absolute Gasteiger partial charge is 0.481 e. The number of rotatable bonds is 6. The molecular formula is C20H24N2O4. The van der Waals surface area contributed by atoms with Gasteiger partial charge in [0.25, 0.3) is 11.8 Å². The molecule has 0 aromatic heterocycles. The number of nitrogens with one attached hydrogen (secondary N) is 2. The second-order valence-electron chi connectivity index (χ2n) is 6.13. The van der Waals surface area contributed by atoms with Crippen LogP contribution in [0.2, 0.25) is 0 Å². The molecule has 2 unspecified atom stereocenters. The average Bonchev–Trinajstić information content (AvgIpc) is 2.59. The lowest BCUT2D eigenvalue weighted by molar-refractivity contribution is -0.135. The number of hydrazine groups is 1. The summed E-state index contributed by atoms with van der Waals surface area (Å²) in [5.74, 6) is 0.274. The number of ether oxygens (including phenoxy) is 2. The monoisotopic (exact) mass is 356 g/mol. The third-order valence-corrected chi connectivity index (χ3v) is 3.65. The van der Waals surface area contributed by atoms with E-state index in [1.807, 2.05) is 50.2 Å². The zero-order chi connectivity index (χ0) is 19.1. The van der Waals surface area contributed by atoms with E-state index in [1.54, 1.807) is 26.0 Å². The van der Waals surface area contributed by atoms with Crippen molar-refractivity contribution in [2.75, 3.05) is 0 Å². The first kappa shape index (κ1) is 19.3. The van der Waals surface area contributed by atoms with Crippen LogP contribution in [-0.2, 0) is 9.59 Å². The van der Waals surface area contributed by atoms with Crippen LogP contribution in [0.3, 0.4) is 0 Å². The molecule has 6 heteroatoms. The van der Waals surface area contributed by atoms with Crippen molar-refractivity contribution >= 4 is 11.8 Å². The van der Waals surface area contributed by atoms with Crippen LogP contribution in [-0.4, -0.2) is 24.0 Å². The van der Waals surface area contributed by atoms with Gasteiger partial charge in [-0.3, -0.25) is 20.4 Å². The number of carbonyl (C=O) groups is 2. The number of hydrogen-bond acceptors (Lipinski definition) is 4. The molecule has 0 saturated carbocycles. The summed E-state index contributed by atoms with van der Waals surface area (Å²) in [6.45, 7) is 7.09. The van der Waals surface area contributed by atoms with Crippen molar-refractivity contribution in [2.45, 2.75) is 39.9 Å². The minimum Gasteiger partial charge on any atom is -0.481 e. The molecule has 2 aromatic carbocycles. The maximum atomic E-state index is 12.1. The molecule has 6 nitrogen and oxygen atoms in total. The molecule has 0 bridgehead atoms. The predicted molar refractivity (Wildman–Crippen MR) is 98.8 cm³/mol. The van der Waals surface area contributed by atoms with E-state index >= 15 is 0 Å². The molecule has 0 aliphatic heterocycles. The van der Waals surface area contributed by atoms with Crippen molar-refractivity contribution in [1.29, 1.82) is 0 Å². The van der Waals surface area contributed by atoms with Gasteiger partial charge in [-0.2, -0.15) is 0 Å². The predicted octanol–water partition coefficient (Wildman–Crippen LogP) is 2.69. The molecule has 26 heavy (non-hydrogen) atoms.